The first kappa shape index (κ1) is 36.3. The summed E-state index contributed by atoms with van der Waals surface area (Å²) in [5, 5.41) is 2.46. The molecular weight excluding hydrogens is 811 g/mol. The van der Waals surface area contributed by atoms with E-state index in [9.17, 15) is 0 Å². The number of rotatable bonds is 7. The molecule has 0 atom stereocenters. The fourth-order valence-electron chi connectivity index (χ4n) is 9.92. The van der Waals surface area contributed by atoms with Crippen molar-refractivity contribution in [2.45, 2.75) is 0 Å². The Morgan fingerprint density at radius 3 is 1.27 bits per heavy atom. The van der Waals surface area contributed by atoms with E-state index in [0.29, 0.717) is 0 Å². The molecule has 62 heavy (non-hydrogen) atoms. The van der Waals surface area contributed by atoms with Crippen LogP contribution in [0.3, 0.4) is 0 Å². The molecule has 3 nitrogen and oxygen atoms in total. The first-order valence-corrected chi connectivity index (χ1v) is 25.4. The minimum absolute atomic E-state index is 0.739. The molecule has 3 heterocycles. The van der Waals surface area contributed by atoms with Gasteiger partial charge in [0.15, 0.2) is 0 Å². The zero-order valence-corrected chi connectivity index (χ0v) is 36.0. The molecule has 0 radical (unpaired) electrons. The monoisotopic (exact) mass is 851 g/mol. The Kier molecular flexibility index (Phi) is 8.68. The molecule has 290 valence electrons. The van der Waals surface area contributed by atoms with E-state index in [4.69, 9.17) is 9.97 Å². The quantitative estimate of drug-likeness (QED) is 0.150. The first-order valence-electron chi connectivity index (χ1n) is 21.2. The van der Waals surface area contributed by atoms with Crippen LogP contribution in [0.1, 0.15) is 0 Å². The number of fused-ring (bicyclic) bond motifs is 6. The van der Waals surface area contributed by atoms with E-state index in [1.54, 1.807) is 0 Å². The Morgan fingerprint density at radius 1 is 0.339 bits per heavy atom. The Bertz CT molecular complexity index is 3290. The van der Waals surface area contributed by atoms with Crippen molar-refractivity contribution in [3.63, 3.8) is 0 Å². The Balaban J connectivity index is 1.18. The molecule has 0 saturated carbocycles. The van der Waals surface area contributed by atoms with Crippen molar-refractivity contribution in [1.29, 1.82) is 0 Å². The summed E-state index contributed by atoms with van der Waals surface area (Å²) in [7, 11) is 0. The molecule has 1 aliphatic heterocycles. The molecule has 1 aliphatic rings. The van der Waals surface area contributed by atoms with E-state index in [1.807, 2.05) is 0 Å². The predicted molar refractivity (Wildman–Crippen MR) is 261 cm³/mol. The van der Waals surface area contributed by atoms with Gasteiger partial charge in [0.1, 0.15) is 0 Å². The van der Waals surface area contributed by atoms with Crippen molar-refractivity contribution in [2.24, 2.45) is 0 Å². The van der Waals surface area contributed by atoms with Crippen LogP contribution in [0, 0.1) is 0 Å². The molecule has 11 aromatic rings. The Hall–Kier alpha value is -7.60. The second-order valence-electron chi connectivity index (χ2n) is 16.1. The van der Waals surface area contributed by atoms with Gasteiger partial charge in [-0.2, -0.15) is 0 Å². The zero-order valence-electron chi connectivity index (χ0n) is 33.9. The predicted octanol–water partition coefficient (Wildman–Crippen LogP) is 11.6. The molecule has 0 N–H and O–H groups in total. The van der Waals surface area contributed by atoms with Crippen molar-refractivity contribution in [3.05, 3.63) is 237 Å². The summed E-state index contributed by atoms with van der Waals surface area (Å²) >= 11 is -3.92. The van der Waals surface area contributed by atoms with Crippen LogP contribution in [0.5, 0.6) is 0 Å². The number of hydrogen-bond acceptors (Lipinski definition) is 2. The second-order valence-corrected chi connectivity index (χ2v) is 23.8. The molecule has 12 rings (SSSR count). The van der Waals surface area contributed by atoms with Crippen LogP contribution < -0.4 is 17.6 Å². The normalized spacial score (nSPS) is 12.6. The summed E-state index contributed by atoms with van der Waals surface area (Å²) in [6.45, 7) is 0. The van der Waals surface area contributed by atoms with Crippen molar-refractivity contribution in [2.75, 3.05) is 0 Å². The van der Waals surface area contributed by atoms with Gasteiger partial charge in [-0.15, -0.1) is 0 Å². The maximum absolute atomic E-state index is 5.60. The van der Waals surface area contributed by atoms with Gasteiger partial charge in [0, 0.05) is 0 Å². The molecular formula is C58H39GeN3. The second kappa shape index (κ2) is 14.8. The molecule has 9 aromatic carbocycles. The molecule has 4 heteroatoms. The molecule has 0 bridgehead atoms. The van der Waals surface area contributed by atoms with Crippen LogP contribution in [-0.2, 0) is 0 Å². The third-order valence-corrected chi connectivity index (χ3v) is 22.8. The van der Waals surface area contributed by atoms with Gasteiger partial charge in [0.05, 0.1) is 0 Å². The van der Waals surface area contributed by atoms with E-state index < -0.39 is 13.3 Å². The Labute approximate surface area is 363 Å². The van der Waals surface area contributed by atoms with E-state index in [1.165, 1.54) is 67.2 Å². The topological polar surface area (TPSA) is 30.7 Å². The van der Waals surface area contributed by atoms with Crippen molar-refractivity contribution in [1.82, 2.24) is 14.5 Å². The van der Waals surface area contributed by atoms with E-state index in [-0.39, 0.29) is 0 Å². The number of hydrogen-bond donors (Lipinski definition) is 0. The van der Waals surface area contributed by atoms with Gasteiger partial charge >= 0.3 is 366 Å². The molecule has 0 amide bonds. The van der Waals surface area contributed by atoms with Gasteiger partial charge in [-0.25, -0.2) is 0 Å². The summed E-state index contributed by atoms with van der Waals surface area (Å²) in [5.74, 6) is 0.739. The van der Waals surface area contributed by atoms with Gasteiger partial charge in [-0.1, -0.05) is 0 Å². The summed E-state index contributed by atoms with van der Waals surface area (Å²) in [4.78, 5) is 11.2. The fourth-order valence-corrected chi connectivity index (χ4v) is 21.0. The first-order chi connectivity index (χ1) is 30.8. The zero-order chi connectivity index (χ0) is 41.0. The van der Waals surface area contributed by atoms with Crippen LogP contribution in [0.2, 0.25) is 0 Å². The third-order valence-electron chi connectivity index (χ3n) is 12.7. The average molecular weight is 851 g/mol. The third kappa shape index (κ3) is 5.73. The van der Waals surface area contributed by atoms with E-state index in [2.05, 4.69) is 241 Å². The van der Waals surface area contributed by atoms with Gasteiger partial charge < -0.3 is 0 Å². The van der Waals surface area contributed by atoms with Crippen LogP contribution >= 0.6 is 0 Å². The van der Waals surface area contributed by atoms with Crippen LogP contribution in [-0.4, -0.2) is 27.8 Å². The van der Waals surface area contributed by atoms with Crippen LogP contribution in [0.4, 0.5) is 0 Å². The van der Waals surface area contributed by atoms with E-state index >= 15 is 0 Å². The van der Waals surface area contributed by atoms with Crippen molar-refractivity contribution in [3.8, 4) is 61.8 Å². The fraction of sp³-hybridized carbons (Fsp3) is 0. The molecule has 0 fully saturated rings. The average Bonchev–Trinajstić information content (AvgIpc) is 3.85. The molecule has 0 aliphatic carbocycles. The van der Waals surface area contributed by atoms with Crippen LogP contribution in [0.15, 0.2) is 237 Å². The molecule has 2 aromatic heterocycles. The number of aromatic nitrogens is 3. The van der Waals surface area contributed by atoms with Crippen molar-refractivity contribution < 1.29 is 0 Å². The van der Waals surface area contributed by atoms with Crippen molar-refractivity contribution >= 4 is 52.7 Å². The maximum atomic E-state index is 5.60. The minimum atomic E-state index is -3.92. The molecule has 0 saturated heterocycles. The molecule has 0 unspecified atom stereocenters. The summed E-state index contributed by atoms with van der Waals surface area (Å²) < 4.78 is 7.84. The SMILES string of the molecule is c1ccc(-c2ccc3c(c2)c2cc(-c4ccccc4)ccc2n3-c2ccc3[c](c2)[Ge]([c]2ccccc2)([c]2ccccc2)[c]2c(-c4ccccc4)nc(-c4ccccc4)nc2-3)cc1. The van der Waals surface area contributed by atoms with Crippen LogP contribution in [0.25, 0.3) is 83.6 Å². The standard InChI is InChI=1S/C58H39GeN3/c1-7-19-40(20-8-1)44-31-35-53-50(37-44)51-38-45(41-21-9-2-10-22-41)32-36-54(51)62(53)48-33-34-49-52(39-48)59(46-27-15-5-16-28-46,47-29-17-6-18-30-47)55-56(42-23-11-3-12-24-42)60-58(61-57(49)55)43-25-13-4-14-26-43/h1-39H. The Morgan fingerprint density at radius 2 is 0.774 bits per heavy atom. The number of benzene rings is 9. The number of nitrogens with zero attached hydrogens (tertiary/aromatic N) is 3. The van der Waals surface area contributed by atoms with E-state index in [0.717, 1.165) is 34.0 Å². The summed E-state index contributed by atoms with van der Waals surface area (Å²) in [6.07, 6.45) is 0. The van der Waals surface area contributed by atoms with Gasteiger partial charge in [-0.05, 0) is 0 Å². The summed E-state index contributed by atoms with van der Waals surface area (Å²) in [5.41, 5.74) is 13.6. The van der Waals surface area contributed by atoms with Gasteiger partial charge in [0.25, 0.3) is 0 Å². The summed E-state index contributed by atoms with van der Waals surface area (Å²) in [6, 6.07) is 86.2. The molecule has 0 spiro atoms. The van der Waals surface area contributed by atoms with Gasteiger partial charge in [0.2, 0.25) is 0 Å². The van der Waals surface area contributed by atoms with Gasteiger partial charge in [-0.3, -0.25) is 0 Å².